The van der Waals surface area contributed by atoms with Crippen LogP contribution in [0.25, 0.3) is 0 Å². The molecule has 0 spiro atoms. The van der Waals surface area contributed by atoms with E-state index in [0.29, 0.717) is 25.1 Å². The number of hydrogen-bond donors (Lipinski definition) is 0. The molecule has 0 radical (unpaired) electrons. The Morgan fingerprint density at radius 2 is 2.00 bits per heavy atom. The predicted molar refractivity (Wildman–Crippen MR) is 93.0 cm³/mol. The van der Waals surface area contributed by atoms with Crippen LogP contribution in [-0.4, -0.2) is 22.4 Å². The lowest BCUT2D eigenvalue weighted by atomic mass is 10.0. The fraction of sp³-hybridized carbons (Fsp3) is 0.562. The molecule has 1 aromatic rings. The van der Waals surface area contributed by atoms with Crippen molar-refractivity contribution in [3.8, 4) is 5.75 Å². The summed E-state index contributed by atoms with van der Waals surface area (Å²) in [6, 6.07) is 5.71. The van der Waals surface area contributed by atoms with Gasteiger partial charge in [-0.25, -0.2) is 0 Å². The number of fused-ring (bicyclic) bond motifs is 1. The van der Waals surface area contributed by atoms with Crippen LogP contribution < -0.4 is 9.64 Å². The van der Waals surface area contributed by atoms with Gasteiger partial charge in [-0.2, -0.15) is 0 Å². The maximum Gasteiger partial charge on any atom is 0.227 e. The maximum absolute atomic E-state index is 12.8. The third-order valence-electron chi connectivity index (χ3n) is 4.37. The average Bonchev–Trinajstić information content (AvgIpc) is 2.87. The van der Waals surface area contributed by atoms with Crippen molar-refractivity contribution < 1.29 is 9.53 Å². The summed E-state index contributed by atoms with van der Waals surface area (Å²) in [4.78, 5) is 14.6. The second-order valence-electron chi connectivity index (χ2n) is 7.05. The minimum atomic E-state index is -0.787. The highest BCUT2D eigenvalue weighted by Crippen LogP contribution is 2.66. The van der Waals surface area contributed by atoms with Crippen LogP contribution >= 0.6 is 39.1 Å². The molecule has 1 aliphatic heterocycles. The van der Waals surface area contributed by atoms with Gasteiger partial charge in [0.15, 0.2) is 5.75 Å². The number of ether oxygens (including phenoxy) is 1. The van der Waals surface area contributed by atoms with Crippen molar-refractivity contribution in [2.24, 2.45) is 5.41 Å². The SMILES string of the molecule is CC1(C)CN(C(=O)CC2(C)CC2(Cl)Cl)c2cccc(Br)c2O1. The first-order valence-electron chi connectivity index (χ1n) is 7.20. The van der Waals surface area contributed by atoms with Crippen LogP contribution in [0.4, 0.5) is 5.69 Å². The number of nitrogens with zero attached hydrogens (tertiary/aromatic N) is 1. The summed E-state index contributed by atoms with van der Waals surface area (Å²) in [5.41, 5.74) is -0.00429. The highest BCUT2D eigenvalue weighted by Gasteiger charge is 2.63. The largest absolute Gasteiger partial charge is 0.483 e. The van der Waals surface area contributed by atoms with Gasteiger partial charge < -0.3 is 9.64 Å². The molecular formula is C16H18BrCl2NO2. The van der Waals surface area contributed by atoms with Crippen LogP contribution in [0.3, 0.4) is 0 Å². The van der Waals surface area contributed by atoms with Crippen LogP contribution in [0.15, 0.2) is 22.7 Å². The van der Waals surface area contributed by atoms with E-state index in [1.807, 2.05) is 39.0 Å². The van der Waals surface area contributed by atoms with Crippen molar-refractivity contribution in [2.45, 2.75) is 43.5 Å². The van der Waals surface area contributed by atoms with Gasteiger partial charge in [0.25, 0.3) is 0 Å². The Bertz CT molecular complexity index is 647. The van der Waals surface area contributed by atoms with Gasteiger partial charge in [0.05, 0.1) is 16.7 Å². The first-order valence-corrected chi connectivity index (χ1v) is 8.75. The quantitative estimate of drug-likeness (QED) is 0.651. The van der Waals surface area contributed by atoms with Crippen LogP contribution in [-0.2, 0) is 4.79 Å². The number of hydrogen-bond acceptors (Lipinski definition) is 2. The first kappa shape index (κ1) is 16.4. The lowest BCUT2D eigenvalue weighted by molar-refractivity contribution is -0.120. The van der Waals surface area contributed by atoms with Crippen molar-refractivity contribution in [1.29, 1.82) is 0 Å². The van der Waals surface area contributed by atoms with Gasteiger partial charge in [-0.3, -0.25) is 4.79 Å². The van der Waals surface area contributed by atoms with Gasteiger partial charge >= 0.3 is 0 Å². The highest BCUT2D eigenvalue weighted by atomic mass is 79.9. The lowest BCUT2D eigenvalue weighted by Crippen LogP contribution is -2.50. The Morgan fingerprint density at radius 1 is 1.36 bits per heavy atom. The highest BCUT2D eigenvalue weighted by molar-refractivity contribution is 9.10. The molecule has 1 heterocycles. The molecule has 120 valence electrons. The second kappa shape index (κ2) is 5.02. The van der Waals surface area contributed by atoms with Gasteiger partial charge in [-0.15, -0.1) is 23.2 Å². The Kier molecular flexibility index (Phi) is 3.75. The third kappa shape index (κ3) is 2.74. The fourth-order valence-electron chi connectivity index (χ4n) is 2.87. The third-order valence-corrected chi connectivity index (χ3v) is 6.17. The maximum atomic E-state index is 12.8. The Balaban J connectivity index is 1.91. The zero-order valence-electron chi connectivity index (χ0n) is 12.8. The minimum absolute atomic E-state index is 0.0291. The molecule has 1 unspecified atom stereocenters. The molecule has 1 atom stereocenters. The summed E-state index contributed by atoms with van der Waals surface area (Å²) in [6.45, 7) is 6.41. The van der Waals surface area contributed by atoms with E-state index < -0.39 is 9.93 Å². The molecule has 0 aromatic heterocycles. The Labute approximate surface area is 149 Å². The predicted octanol–water partition coefficient (Wildman–Crippen LogP) is 4.93. The molecule has 0 N–H and O–H groups in total. The number of benzene rings is 1. The van der Waals surface area contributed by atoms with E-state index in [1.165, 1.54) is 0 Å². The van der Waals surface area contributed by atoms with Crippen LogP contribution in [0.5, 0.6) is 5.75 Å². The summed E-state index contributed by atoms with van der Waals surface area (Å²) in [7, 11) is 0. The minimum Gasteiger partial charge on any atom is -0.483 e. The molecular weight excluding hydrogens is 389 g/mol. The zero-order chi connectivity index (χ0) is 16.3. The second-order valence-corrected chi connectivity index (χ2v) is 9.39. The van der Waals surface area contributed by atoms with Crippen molar-refractivity contribution >= 4 is 50.7 Å². The van der Waals surface area contributed by atoms with Gasteiger partial charge in [0, 0.05) is 11.8 Å². The molecule has 3 rings (SSSR count). The summed E-state index contributed by atoms with van der Waals surface area (Å²) in [5.74, 6) is 0.734. The summed E-state index contributed by atoms with van der Waals surface area (Å²) in [5, 5.41) is 0. The summed E-state index contributed by atoms with van der Waals surface area (Å²) < 4.78 is 6.08. The molecule has 1 fully saturated rings. The molecule has 0 saturated heterocycles. The topological polar surface area (TPSA) is 29.5 Å². The number of alkyl halides is 2. The number of carbonyl (C=O) groups excluding carboxylic acids is 1. The average molecular weight is 407 g/mol. The number of halogens is 3. The van der Waals surface area contributed by atoms with Gasteiger partial charge in [0.1, 0.15) is 9.93 Å². The van der Waals surface area contributed by atoms with Gasteiger partial charge in [-0.1, -0.05) is 13.0 Å². The van der Waals surface area contributed by atoms with E-state index in [2.05, 4.69) is 15.9 Å². The number of anilines is 1. The van der Waals surface area contributed by atoms with Crippen molar-refractivity contribution in [3.05, 3.63) is 22.7 Å². The normalized spacial score (nSPS) is 27.8. The lowest BCUT2D eigenvalue weighted by Gasteiger charge is -2.40. The van der Waals surface area contributed by atoms with E-state index in [0.717, 1.165) is 10.2 Å². The molecule has 2 aliphatic rings. The molecule has 1 amide bonds. The molecule has 22 heavy (non-hydrogen) atoms. The Hall–Kier alpha value is -0.450. The summed E-state index contributed by atoms with van der Waals surface area (Å²) >= 11 is 15.8. The summed E-state index contributed by atoms with van der Waals surface area (Å²) in [6.07, 6.45) is 0.982. The van der Waals surface area contributed by atoms with Crippen LogP contribution in [0.1, 0.15) is 33.6 Å². The standard InChI is InChI=1S/C16H18BrCl2NO2/c1-14(2)9-20(11-6-4-5-10(17)13(11)22-14)12(21)7-15(3)8-16(15,18)19/h4-6H,7-9H2,1-3H3. The first-order chi connectivity index (χ1) is 10.0. The van der Waals surface area contributed by atoms with Crippen LogP contribution in [0, 0.1) is 5.41 Å². The Morgan fingerprint density at radius 3 is 2.59 bits per heavy atom. The monoisotopic (exact) mass is 405 g/mol. The number of para-hydroxylation sites is 1. The zero-order valence-corrected chi connectivity index (χ0v) is 15.8. The van der Waals surface area contributed by atoms with Gasteiger partial charge in [0.2, 0.25) is 5.91 Å². The van der Waals surface area contributed by atoms with Crippen LogP contribution in [0.2, 0.25) is 0 Å². The fourth-order valence-corrected chi connectivity index (χ4v) is 4.04. The van der Waals surface area contributed by atoms with E-state index >= 15 is 0 Å². The number of rotatable bonds is 2. The molecule has 1 saturated carbocycles. The van der Waals surface area contributed by atoms with Gasteiger partial charge in [-0.05, 0) is 48.3 Å². The molecule has 0 bridgehead atoms. The van der Waals surface area contributed by atoms with Crippen molar-refractivity contribution in [1.82, 2.24) is 0 Å². The van der Waals surface area contributed by atoms with E-state index in [1.54, 1.807) is 4.90 Å². The van der Waals surface area contributed by atoms with E-state index in [9.17, 15) is 4.79 Å². The molecule has 6 heteroatoms. The number of amides is 1. The smallest absolute Gasteiger partial charge is 0.227 e. The molecule has 1 aliphatic carbocycles. The van der Waals surface area contributed by atoms with Crippen molar-refractivity contribution in [3.63, 3.8) is 0 Å². The van der Waals surface area contributed by atoms with Crippen molar-refractivity contribution in [2.75, 3.05) is 11.4 Å². The molecule has 3 nitrogen and oxygen atoms in total. The van der Waals surface area contributed by atoms with E-state index in [4.69, 9.17) is 27.9 Å². The molecule has 1 aromatic carbocycles. The number of carbonyl (C=O) groups is 1. The van der Waals surface area contributed by atoms with E-state index in [-0.39, 0.29) is 11.3 Å².